The summed E-state index contributed by atoms with van der Waals surface area (Å²) in [5.41, 5.74) is 2.55. The van der Waals surface area contributed by atoms with Crippen LogP contribution in [0.25, 0.3) is 11.1 Å². The average Bonchev–Trinajstić information content (AvgIpc) is 3.06. The minimum atomic E-state index is -0.707. The maximum atomic E-state index is 14.1. The van der Waals surface area contributed by atoms with Crippen molar-refractivity contribution >= 4 is 33.5 Å². The van der Waals surface area contributed by atoms with Crippen molar-refractivity contribution in [1.29, 1.82) is 0 Å². The first-order valence-corrected chi connectivity index (χ1v) is 11.4. The van der Waals surface area contributed by atoms with E-state index in [9.17, 15) is 8.78 Å². The highest BCUT2D eigenvalue weighted by Crippen LogP contribution is 2.62. The third-order valence-electron chi connectivity index (χ3n) is 4.86. The molecule has 144 valence electrons. The number of thiol groups is 1. The van der Waals surface area contributed by atoms with Gasteiger partial charge in [0.05, 0.1) is 0 Å². The van der Waals surface area contributed by atoms with Crippen LogP contribution in [0.2, 0.25) is 0 Å². The van der Waals surface area contributed by atoms with Gasteiger partial charge in [0.1, 0.15) is 5.75 Å². The average molecular weight is 516 g/mol. The van der Waals surface area contributed by atoms with Crippen LogP contribution >= 0.6 is 33.5 Å². The number of hydrogen-bond donors (Lipinski definition) is 1. The van der Waals surface area contributed by atoms with Gasteiger partial charge in [0.15, 0.2) is 17.4 Å². The number of ether oxygens (including phenoxy) is 1. The fourth-order valence-corrected chi connectivity index (χ4v) is 6.76. The Balaban J connectivity index is 1.50. The van der Waals surface area contributed by atoms with Gasteiger partial charge < -0.3 is 4.74 Å². The van der Waals surface area contributed by atoms with E-state index in [-0.39, 0.29) is 5.75 Å². The second kappa shape index (κ2) is 7.46. The van der Waals surface area contributed by atoms with Crippen molar-refractivity contribution in [2.45, 2.75) is 14.7 Å². The van der Waals surface area contributed by atoms with Gasteiger partial charge in [-0.05, 0) is 87.1 Å². The van der Waals surface area contributed by atoms with Gasteiger partial charge in [-0.2, -0.15) is 10.9 Å². The standard InChI is InChI=1S/C24H15F2IOS/c25-20-13-15(27)14-21(26)24(20)28-16-9-11-17(12-10-16)29-22-7-3-1-5-18(22)19-6-2-4-8-23(19)29/h1-14,29H. The predicted octanol–water partition coefficient (Wildman–Crippen LogP) is 7.82. The van der Waals surface area contributed by atoms with Crippen molar-refractivity contribution < 1.29 is 13.5 Å². The van der Waals surface area contributed by atoms with Gasteiger partial charge in [-0.25, -0.2) is 8.78 Å². The van der Waals surface area contributed by atoms with Crippen LogP contribution < -0.4 is 4.74 Å². The molecule has 1 nitrogen and oxygen atoms in total. The molecule has 4 aromatic rings. The number of fused-ring (bicyclic) bond motifs is 3. The Morgan fingerprint density at radius 1 is 0.690 bits per heavy atom. The molecule has 0 saturated carbocycles. The Bertz CT molecular complexity index is 1160. The zero-order valence-corrected chi connectivity index (χ0v) is 18.1. The Morgan fingerprint density at radius 2 is 1.21 bits per heavy atom. The van der Waals surface area contributed by atoms with Gasteiger partial charge >= 0.3 is 0 Å². The number of rotatable bonds is 3. The highest BCUT2D eigenvalue weighted by molar-refractivity contribution is 14.1. The van der Waals surface area contributed by atoms with E-state index in [0.717, 1.165) is 0 Å². The van der Waals surface area contributed by atoms with Crippen molar-refractivity contribution in [3.8, 4) is 22.6 Å². The second-order valence-electron chi connectivity index (χ2n) is 6.66. The van der Waals surface area contributed by atoms with E-state index in [4.69, 9.17) is 4.74 Å². The van der Waals surface area contributed by atoms with Crippen molar-refractivity contribution in [3.63, 3.8) is 0 Å². The molecule has 0 N–H and O–H groups in total. The largest absolute Gasteiger partial charge is 0.451 e. The zero-order valence-electron chi connectivity index (χ0n) is 15.1. The molecule has 0 atom stereocenters. The van der Waals surface area contributed by atoms with E-state index >= 15 is 0 Å². The van der Waals surface area contributed by atoms with Gasteiger partial charge in [-0.15, -0.1) is 0 Å². The highest BCUT2D eigenvalue weighted by atomic mass is 127. The maximum absolute atomic E-state index is 14.1. The molecule has 0 aromatic heterocycles. The fourth-order valence-electron chi connectivity index (χ4n) is 3.61. The summed E-state index contributed by atoms with van der Waals surface area (Å²) < 4.78 is 34.2. The molecule has 0 spiro atoms. The summed E-state index contributed by atoms with van der Waals surface area (Å²) in [7, 11) is -0.665. The van der Waals surface area contributed by atoms with Crippen molar-refractivity contribution in [1.82, 2.24) is 0 Å². The van der Waals surface area contributed by atoms with Crippen LogP contribution in [-0.2, 0) is 0 Å². The van der Waals surface area contributed by atoms with Crippen LogP contribution in [0, 0.1) is 15.2 Å². The monoisotopic (exact) mass is 516 g/mol. The van der Waals surface area contributed by atoms with Crippen molar-refractivity contribution in [2.75, 3.05) is 0 Å². The number of benzene rings is 4. The summed E-state index contributed by atoms with van der Waals surface area (Å²) in [5, 5.41) is 0. The van der Waals surface area contributed by atoms with Gasteiger partial charge in [-0.3, -0.25) is 0 Å². The first-order valence-electron chi connectivity index (χ1n) is 9.03. The van der Waals surface area contributed by atoms with E-state index in [1.165, 1.54) is 37.9 Å². The summed E-state index contributed by atoms with van der Waals surface area (Å²) in [4.78, 5) is 3.83. The van der Waals surface area contributed by atoms with Gasteiger partial charge in [-0.1, -0.05) is 36.4 Å². The first-order chi connectivity index (χ1) is 14.1. The Labute approximate surface area is 183 Å². The molecule has 1 aliphatic heterocycles. The minimum Gasteiger partial charge on any atom is -0.451 e. The Hall–Kier alpha value is -2.38. The molecule has 1 heterocycles. The lowest BCUT2D eigenvalue weighted by atomic mass is 10.1. The summed E-state index contributed by atoms with van der Waals surface area (Å²) in [6.07, 6.45) is 0. The third kappa shape index (κ3) is 3.32. The molecule has 0 unspecified atom stereocenters. The molecule has 0 saturated heterocycles. The number of halogens is 3. The highest BCUT2D eigenvalue weighted by Gasteiger charge is 2.26. The van der Waals surface area contributed by atoms with Crippen molar-refractivity contribution in [2.24, 2.45) is 0 Å². The number of hydrogen-bond acceptors (Lipinski definition) is 1. The molecule has 0 amide bonds. The smallest absolute Gasteiger partial charge is 0.198 e. The summed E-state index contributed by atoms with van der Waals surface area (Å²) in [5.74, 6) is -1.38. The minimum absolute atomic E-state index is 0.375. The Morgan fingerprint density at radius 3 is 1.76 bits per heavy atom. The van der Waals surface area contributed by atoms with Gasteiger partial charge in [0, 0.05) is 13.4 Å². The molecule has 1 aliphatic rings. The van der Waals surface area contributed by atoms with Crippen LogP contribution in [0.3, 0.4) is 0 Å². The van der Waals surface area contributed by atoms with E-state index in [2.05, 4.69) is 48.5 Å². The molecule has 5 rings (SSSR count). The Kier molecular flexibility index (Phi) is 4.80. The quantitative estimate of drug-likeness (QED) is 0.190. The zero-order chi connectivity index (χ0) is 20.0. The molecule has 29 heavy (non-hydrogen) atoms. The second-order valence-corrected chi connectivity index (χ2v) is 10.1. The molecule has 4 aromatic carbocycles. The van der Waals surface area contributed by atoms with E-state index in [0.29, 0.717) is 9.32 Å². The lowest BCUT2D eigenvalue weighted by molar-refractivity contribution is 0.406. The van der Waals surface area contributed by atoms with E-state index in [1.807, 2.05) is 34.7 Å². The summed E-state index contributed by atoms with van der Waals surface area (Å²) in [6.45, 7) is 0. The molecule has 0 fully saturated rings. The van der Waals surface area contributed by atoms with Gasteiger partial charge in [0.2, 0.25) is 0 Å². The normalized spacial score (nSPS) is 13.1. The van der Waals surface area contributed by atoms with Crippen LogP contribution in [-0.4, -0.2) is 0 Å². The lowest BCUT2D eigenvalue weighted by Crippen LogP contribution is -1.94. The molecule has 5 heteroatoms. The molecule has 0 aliphatic carbocycles. The predicted molar refractivity (Wildman–Crippen MR) is 121 cm³/mol. The van der Waals surface area contributed by atoms with E-state index in [1.54, 1.807) is 12.1 Å². The van der Waals surface area contributed by atoms with Crippen molar-refractivity contribution in [3.05, 3.63) is 100 Å². The topological polar surface area (TPSA) is 9.23 Å². The molecular formula is C24H15F2IOS. The maximum Gasteiger partial charge on any atom is 0.198 e. The van der Waals surface area contributed by atoms with Crippen LogP contribution in [0.5, 0.6) is 11.5 Å². The molecule has 0 radical (unpaired) electrons. The summed E-state index contributed by atoms with van der Waals surface area (Å²) in [6, 6.07) is 27.0. The van der Waals surface area contributed by atoms with Crippen LogP contribution in [0.4, 0.5) is 8.78 Å². The third-order valence-corrected chi connectivity index (χ3v) is 8.04. The SMILES string of the molecule is Fc1cc(I)cc(F)c1Oc1ccc([SH]2c3ccccc3-c3ccccc32)cc1. The first kappa shape index (κ1) is 18.6. The lowest BCUT2D eigenvalue weighted by Gasteiger charge is -2.19. The van der Waals surface area contributed by atoms with Gasteiger partial charge in [0.25, 0.3) is 0 Å². The molecule has 0 bridgehead atoms. The summed E-state index contributed by atoms with van der Waals surface area (Å²) >= 11 is 1.87. The fraction of sp³-hybridized carbons (Fsp3) is 0. The van der Waals surface area contributed by atoms with E-state index < -0.39 is 22.5 Å². The van der Waals surface area contributed by atoms with Crippen LogP contribution in [0.1, 0.15) is 0 Å². The molecular weight excluding hydrogens is 501 g/mol. The van der Waals surface area contributed by atoms with Crippen LogP contribution in [0.15, 0.2) is 99.6 Å².